The summed E-state index contributed by atoms with van der Waals surface area (Å²) >= 11 is 1.27. The fraction of sp³-hybridized carbons (Fsp3) is 0.0968. The normalized spacial score (nSPS) is 12.1. The average molecular weight is 519 g/mol. The second kappa shape index (κ2) is 10.0. The maximum atomic E-state index is 13.9. The molecule has 1 aliphatic rings. The SMILES string of the molecule is C=C/C=C(/C)COC(=O)c1ccccc1Sc1ccc2c3c1C(=O)c1ccccc1-c3c(C#N)c(=O)n2C. The number of hydrogen-bond acceptors (Lipinski definition) is 6. The molecule has 0 radical (unpaired) electrons. The third kappa shape index (κ3) is 4.05. The van der Waals surface area contributed by atoms with Crippen molar-refractivity contribution >= 4 is 34.4 Å². The van der Waals surface area contributed by atoms with Crippen LogP contribution in [0.3, 0.4) is 0 Å². The minimum absolute atomic E-state index is 0.00437. The Bertz CT molecular complexity index is 1810. The number of hydrogen-bond donors (Lipinski definition) is 0. The number of nitrogens with zero attached hydrogens (tertiary/aromatic N) is 2. The lowest BCUT2D eigenvalue weighted by atomic mass is 9.82. The number of nitriles is 1. The van der Waals surface area contributed by atoms with Crippen LogP contribution >= 0.6 is 11.8 Å². The Kier molecular flexibility index (Phi) is 6.58. The lowest BCUT2D eigenvalue weighted by Gasteiger charge is -2.24. The third-order valence-corrected chi connectivity index (χ3v) is 7.60. The Hall–Kier alpha value is -4.67. The topological polar surface area (TPSA) is 89.2 Å². The van der Waals surface area contributed by atoms with Crippen LogP contribution in [0.5, 0.6) is 0 Å². The van der Waals surface area contributed by atoms with Crippen LogP contribution in [0.15, 0.2) is 99.6 Å². The van der Waals surface area contributed by atoms with Crippen LogP contribution in [-0.2, 0) is 11.8 Å². The molecular weight excluding hydrogens is 496 g/mol. The van der Waals surface area contributed by atoms with E-state index in [4.69, 9.17) is 4.74 Å². The largest absolute Gasteiger partial charge is 0.458 e. The van der Waals surface area contributed by atoms with Crippen molar-refractivity contribution in [2.75, 3.05) is 6.61 Å². The maximum absolute atomic E-state index is 13.9. The van der Waals surface area contributed by atoms with Crippen LogP contribution in [0.25, 0.3) is 22.0 Å². The van der Waals surface area contributed by atoms with Gasteiger partial charge in [-0.1, -0.05) is 66.9 Å². The van der Waals surface area contributed by atoms with Gasteiger partial charge >= 0.3 is 5.97 Å². The van der Waals surface area contributed by atoms with E-state index in [2.05, 4.69) is 12.6 Å². The number of ketones is 1. The quantitative estimate of drug-likeness (QED) is 0.200. The molecule has 4 aromatic rings. The van der Waals surface area contributed by atoms with Crippen LogP contribution < -0.4 is 5.56 Å². The molecule has 6 nitrogen and oxygen atoms in total. The number of carbonyl (C=O) groups excluding carboxylic acids is 2. The van der Waals surface area contributed by atoms with E-state index in [0.717, 1.165) is 5.57 Å². The molecule has 1 aliphatic carbocycles. The Morgan fingerprint density at radius 3 is 2.47 bits per heavy atom. The summed E-state index contributed by atoms with van der Waals surface area (Å²) in [6, 6.07) is 19.7. The zero-order chi connectivity index (χ0) is 27.0. The number of fused-ring (bicyclic) bond motifs is 2. The molecule has 0 aliphatic heterocycles. The number of benzene rings is 3. The highest BCUT2D eigenvalue weighted by Crippen LogP contribution is 2.45. The van der Waals surface area contributed by atoms with Crippen LogP contribution in [-0.4, -0.2) is 22.9 Å². The van der Waals surface area contributed by atoms with Crippen LogP contribution in [0, 0.1) is 11.3 Å². The van der Waals surface area contributed by atoms with Gasteiger partial charge in [0.1, 0.15) is 18.2 Å². The van der Waals surface area contributed by atoms with Gasteiger partial charge in [-0.15, -0.1) is 0 Å². The van der Waals surface area contributed by atoms with E-state index in [9.17, 15) is 19.6 Å². The first-order valence-electron chi connectivity index (χ1n) is 11.8. The summed E-state index contributed by atoms with van der Waals surface area (Å²) in [7, 11) is 1.60. The van der Waals surface area contributed by atoms with Gasteiger partial charge in [0.2, 0.25) is 0 Å². The predicted molar refractivity (Wildman–Crippen MR) is 148 cm³/mol. The zero-order valence-corrected chi connectivity index (χ0v) is 21.6. The average Bonchev–Trinajstić information content (AvgIpc) is 2.93. The lowest BCUT2D eigenvalue weighted by molar-refractivity contribution is 0.0536. The summed E-state index contributed by atoms with van der Waals surface area (Å²) < 4.78 is 6.90. The molecule has 0 saturated heterocycles. The molecule has 0 spiro atoms. The zero-order valence-electron chi connectivity index (χ0n) is 20.8. The molecule has 3 aromatic carbocycles. The Morgan fingerprint density at radius 1 is 1.03 bits per heavy atom. The number of allylic oxidation sites excluding steroid dienone is 2. The van der Waals surface area contributed by atoms with Gasteiger partial charge in [-0.05, 0) is 42.3 Å². The van der Waals surface area contributed by atoms with Gasteiger partial charge in [-0.3, -0.25) is 9.59 Å². The van der Waals surface area contributed by atoms with Crippen molar-refractivity contribution in [3.8, 4) is 17.2 Å². The summed E-state index contributed by atoms with van der Waals surface area (Å²) in [6.45, 7) is 5.63. The highest BCUT2D eigenvalue weighted by Gasteiger charge is 2.32. The van der Waals surface area contributed by atoms with Gasteiger partial charge < -0.3 is 9.30 Å². The molecule has 1 aromatic heterocycles. The number of ether oxygens (including phenoxy) is 1. The standard InChI is InChI=1S/C31H22N2O4S/c1-4-9-18(2)17-37-31(36)21-12-7-8-13-24(21)38-25-15-14-23-27-26(22(16-32)30(35)33(23)3)19-10-5-6-11-20(19)29(34)28(25)27/h4-15H,1,17H2,2-3H3/b18-9-. The molecule has 1 heterocycles. The summed E-state index contributed by atoms with van der Waals surface area (Å²) in [5, 5.41) is 10.5. The van der Waals surface area contributed by atoms with E-state index < -0.39 is 11.5 Å². The minimum Gasteiger partial charge on any atom is -0.458 e. The van der Waals surface area contributed by atoms with E-state index >= 15 is 0 Å². The molecule has 38 heavy (non-hydrogen) atoms. The molecule has 0 unspecified atom stereocenters. The van der Waals surface area contributed by atoms with Crippen molar-refractivity contribution in [3.63, 3.8) is 0 Å². The highest BCUT2D eigenvalue weighted by atomic mass is 32.2. The number of pyridine rings is 1. The van der Waals surface area contributed by atoms with Gasteiger partial charge in [-0.25, -0.2) is 4.79 Å². The number of aryl methyl sites for hydroxylation is 1. The fourth-order valence-corrected chi connectivity index (χ4v) is 5.76. The first-order chi connectivity index (χ1) is 18.4. The number of carbonyl (C=O) groups is 2. The van der Waals surface area contributed by atoms with Gasteiger partial charge in [0.25, 0.3) is 5.56 Å². The maximum Gasteiger partial charge on any atom is 0.339 e. The number of esters is 1. The molecule has 0 N–H and O–H groups in total. The van der Waals surface area contributed by atoms with Crippen molar-refractivity contribution in [1.82, 2.24) is 4.57 Å². The van der Waals surface area contributed by atoms with E-state index in [1.165, 1.54) is 16.3 Å². The molecule has 5 rings (SSSR count). The van der Waals surface area contributed by atoms with Gasteiger partial charge in [0.05, 0.1) is 11.1 Å². The fourth-order valence-electron chi connectivity index (χ4n) is 4.68. The Balaban J connectivity index is 1.69. The molecule has 0 saturated carbocycles. The van der Waals surface area contributed by atoms with Crippen LogP contribution in [0.2, 0.25) is 0 Å². The highest BCUT2D eigenvalue weighted by molar-refractivity contribution is 7.99. The van der Waals surface area contributed by atoms with Crippen molar-refractivity contribution in [1.29, 1.82) is 5.26 Å². The van der Waals surface area contributed by atoms with Gasteiger partial charge in [-0.2, -0.15) is 5.26 Å². The molecule has 186 valence electrons. The Morgan fingerprint density at radius 2 is 1.74 bits per heavy atom. The van der Waals surface area contributed by atoms with E-state index in [0.29, 0.717) is 48.5 Å². The van der Waals surface area contributed by atoms with Crippen LogP contribution in [0.1, 0.15) is 38.8 Å². The van der Waals surface area contributed by atoms with E-state index in [1.807, 2.05) is 13.0 Å². The van der Waals surface area contributed by atoms with E-state index in [-0.39, 0.29) is 18.0 Å². The molecule has 0 atom stereocenters. The summed E-state index contributed by atoms with van der Waals surface area (Å²) in [5.41, 5.74) is 3.23. The third-order valence-electron chi connectivity index (χ3n) is 6.47. The molecule has 0 bridgehead atoms. The number of rotatable bonds is 6. The molecule has 0 amide bonds. The van der Waals surface area contributed by atoms with Gasteiger partial charge in [0, 0.05) is 38.9 Å². The first-order valence-corrected chi connectivity index (χ1v) is 12.6. The number of aromatic nitrogens is 1. The van der Waals surface area contributed by atoms with Crippen LogP contribution in [0.4, 0.5) is 0 Å². The summed E-state index contributed by atoms with van der Waals surface area (Å²) in [6.07, 6.45) is 3.41. The molecular formula is C31H22N2O4S. The van der Waals surface area contributed by atoms with Crippen molar-refractivity contribution in [2.45, 2.75) is 16.7 Å². The smallest absolute Gasteiger partial charge is 0.339 e. The van der Waals surface area contributed by atoms with Gasteiger partial charge in [0.15, 0.2) is 5.78 Å². The molecule has 0 fully saturated rings. The first kappa shape index (κ1) is 25.0. The van der Waals surface area contributed by atoms with E-state index in [1.54, 1.807) is 73.8 Å². The molecule has 7 heteroatoms. The lowest BCUT2D eigenvalue weighted by Crippen LogP contribution is -2.24. The predicted octanol–water partition coefficient (Wildman–Crippen LogP) is 6.06. The van der Waals surface area contributed by atoms with Crippen molar-refractivity contribution in [2.24, 2.45) is 7.05 Å². The monoisotopic (exact) mass is 518 g/mol. The summed E-state index contributed by atoms with van der Waals surface area (Å²) in [5.74, 6) is -0.681. The summed E-state index contributed by atoms with van der Waals surface area (Å²) in [4.78, 5) is 41.1. The van der Waals surface area contributed by atoms with Crippen molar-refractivity contribution in [3.05, 3.63) is 118 Å². The van der Waals surface area contributed by atoms with Crippen molar-refractivity contribution < 1.29 is 14.3 Å². The minimum atomic E-state index is -0.481. The second-order valence-electron chi connectivity index (χ2n) is 8.86. The Labute approximate surface area is 223 Å². The second-order valence-corrected chi connectivity index (χ2v) is 9.94.